The summed E-state index contributed by atoms with van der Waals surface area (Å²) in [4.78, 5) is 24.5. The van der Waals surface area contributed by atoms with Crippen LogP contribution in [0.1, 0.15) is 47.5 Å². The first-order chi connectivity index (χ1) is 9.05. The molecule has 0 heterocycles. The summed E-state index contributed by atoms with van der Waals surface area (Å²) in [6.07, 6.45) is 8.51. The van der Waals surface area contributed by atoms with Crippen LogP contribution in [0.4, 0.5) is 0 Å². The van der Waals surface area contributed by atoms with E-state index in [1.165, 1.54) is 6.08 Å². The van der Waals surface area contributed by atoms with Gasteiger partial charge in [-0.05, 0) is 38.0 Å². The summed E-state index contributed by atoms with van der Waals surface area (Å²) in [6, 6.07) is 0. The molecule has 3 nitrogen and oxygen atoms in total. The maximum absolute atomic E-state index is 12.6. The van der Waals surface area contributed by atoms with Crippen molar-refractivity contribution in [1.29, 1.82) is 0 Å². The van der Waals surface area contributed by atoms with E-state index in [0.29, 0.717) is 5.57 Å². The number of esters is 1. The minimum atomic E-state index is -0.950. The van der Waals surface area contributed by atoms with Gasteiger partial charge in [-0.2, -0.15) is 0 Å². The molecule has 2 fully saturated rings. The third kappa shape index (κ3) is 1.90. The molecule has 0 radical (unpaired) electrons. The third-order valence-corrected chi connectivity index (χ3v) is 5.34. The second kappa shape index (κ2) is 4.22. The van der Waals surface area contributed by atoms with Gasteiger partial charge in [0.05, 0.1) is 0 Å². The second-order valence-corrected chi connectivity index (χ2v) is 7.15. The predicted molar refractivity (Wildman–Crippen MR) is 76.7 cm³/mol. The van der Waals surface area contributed by atoms with Crippen molar-refractivity contribution in [2.75, 3.05) is 0 Å². The van der Waals surface area contributed by atoms with Gasteiger partial charge in [0.2, 0.25) is 0 Å². The molecule has 2 bridgehead atoms. The van der Waals surface area contributed by atoms with Crippen molar-refractivity contribution in [3.8, 4) is 12.3 Å². The van der Waals surface area contributed by atoms with Crippen molar-refractivity contribution >= 4 is 11.8 Å². The number of carbonyl (C=O) groups is 2. The Morgan fingerprint density at radius 1 is 1.45 bits per heavy atom. The monoisotopic (exact) mass is 274 g/mol. The molecular formula is C17H22O3. The van der Waals surface area contributed by atoms with Gasteiger partial charge in [0.25, 0.3) is 0 Å². The maximum Gasteiger partial charge on any atom is 0.332 e. The normalized spacial score (nSPS) is 33.3. The van der Waals surface area contributed by atoms with Gasteiger partial charge in [0.15, 0.2) is 11.4 Å². The average Bonchev–Trinajstić information content (AvgIpc) is 2.63. The summed E-state index contributed by atoms with van der Waals surface area (Å²) in [6.45, 7) is 9.53. The Bertz CT molecular complexity index is 545. The van der Waals surface area contributed by atoms with E-state index >= 15 is 0 Å². The third-order valence-electron chi connectivity index (χ3n) is 5.34. The van der Waals surface area contributed by atoms with Crippen LogP contribution in [0.3, 0.4) is 0 Å². The quantitative estimate of drug-likeness (QED) is 0.442. The molecule has 3 heteroatoms. The molecule has 0 N–H and O–H groups in total. The van der Waals surface area contributed by atoms with Crippen LogP contribution < -0.4 is 0 Å². The zero-order valence-electron chi connectivity index (χ0n) is 12.9. The van der Waals surface area contributed by atoms with E-state index in [-0.39, 0.29) is 22.5 Å². The fourth-order valence-corrected chi connectivity index (χ4v) is 3.53. The molecule has 0 aromatic carbocycles. The van der Waals surface area contributed by atoms with Crippen molar-refractivity contribution in [1.82, 2.24) is 0 Å². The zero-order valence-corrected chi connectivity index (χ0v) is 12.9. The number of Topliss-reactive ketones (excluding diaryl/α,β-unsaturated/α-hetero) is 1. The Labute approximate surface area is 120 Å². The molecule has 2 saturated carbocycles. The lowest BCUT2D eigenvalue weighted by Gasteiger charge is -2.31. The smallest absolute Gasteiger partial charge is 0.332 e. The van der Waals surface area contributed by atoms with E-state index in [0.717, 1.165) is 12.8 Å². The standard InChI is InChI=1S/C17H22O3/c1-7-15(2,3)20-13(18)10-11-12-8-9-17(6,14(11)19)16(12,4)5/h1,10,12H,8-9H2,2-6H3/b11-10-/t12-,17+/m1/s1. The van der Waals surface area contributed by atoms with Crippen LogP contribution in [0.15, 0.2) is 11.6 Å². The largest absolute Gasteiger partial charge is 0.443 e. The van der Waals surface area contributed by atoms with Crippen LogP contribution in [-0.2, 0) is 14.3 Å². The first-order valence-electron chi connectivity index (χ1n) is 7.02. The molecule has 2 atom stereocenters. The van der Waals surface area contributed by atoms with Crippen LogP contribution in [0.25, 0.3) is 0 Å². The molecule has 0 amide bonds. The molecule has 0 spiro atoms. The Kier molecular flexibility index (Phi) is 3.13. The van der Waals surface area contributed by atoms with Crippen molar-refractivity contribution in [2.24, 2.45) is 16.7 Å². The summed E-state index contributed by atoms with van der Waals surface area (Å²) in [7, 11) is 0. The lowest BCUT2D eigenvalue weighted by atomic mass is 9.70. The SMILES string of the molecule is C#CC(C)(C)OC(=O)/C=C1\C(=O)[C@]2(C)CC[C@H]1C2(C)C. The first-order valence-corrected chi connectivity index (χ1v) is 7.02. The molecule has 108 valence electrons. The lowest BCUT2D eigenvalue weighted by Crippen LogP contribution is -2.32. The van der Waals surface area contributed by atoms with E-state index in [2.05, 4.69) is 19.8 Å². The molecular weight excluding hydrogens is 252 g/mol. The molecule has 0 unspecified atom stereocenters. The molecule has 0 aliphatic heterocycles. The van der Waals surface area contributed by atoms with Crippen molar-refractivity contribution < 1.29 is 14.3 Å². The van der Waals surface area contributed by atoms with E-state index in [9.17, 15) is 9.59 Å². The summed E-state index contributed by atoms with van der Waals surface area (Å²) >= 11 is 0. The number of allylic oxidation sites excluding steroid dienone is 1. The number of ketones is 1. The second-order valence-electron chi connectivity index (χ2n) is 7.15. The minimum absolute atomic E-state index is 0.0919. The van der Waals surface area contributed by atoms with Gasteiger partial charge in [0.1, 0.15) is 0 Å². The zero-order chi connectivity index (χ0) is 15.3. The number of ether oxygens (including phenoxy) is 1. The number of fused-ring (bicyclic) bond motifs is 2. The van der Waals surface area contributed by atoms with Crippen LogP contribution in [0, 0.1) is 29.1 Å². The van der Waals surface area contributed by atoms with Gasteiger partial charge >= 0.3 is 5.97 Å². The van der Waals surface area contributed by atoms with Gasteiger partial charge in [-0.3, -0.25) is 4.79 Å². The number of rotatable bonds is 2. The van der Waals surface area contributed by atoms with Crippen LogP contribution >= 0.6 is 0 Å². The highest BCUT2D eigenvalue weighted by molar-refractivity contribution is 6.08. The Morgan fingerprint density at radius 3 is 2.50 bits per heavy atom. The Morgan fingerprint density at radius 2 is 2.05 bits per heavy atom. The van der Waals surface area contributed by atoms with Gasteiger partial charge in [-0.25, -0.2) is 4.79 Å². The highest BCUT2D eigenvalue weighted by atomic mass is 16.6. The van der Waals surface area contributed by atoms with Gasteiger partial charge < -0.3 is 4.74 Å². The van der Waals surface area contributed by atoms with Crippen LogP contribution in [0.5, 0.6) is 0 Å². The Balaban J connectivity index is 2.28. The summed E-state index contributed by atoms with van der Waals surface area (Å²) in [5.74, 6) is 2.12. The lowest BCUT2D eigenvalue weighted by molar-refractivity contribution is -0.145. The highest BCUT2D eigenvalue weighted by Crippen LogP contribution is 2.65. The molecule has 20 heavy (non-hydrogen) atoms. The Hall–Kier alpha value is -1.56. The topological polar surface area (TPSA) is 43.4 Å². The van der Waals surface area contributed by atoms with Crippen LogP contribution in [0.2, 0.25) is 0 Å². The van der Waals surface area contributed by atoms with Crippen LogP contribution in [-0.4, -0.2) is 17.4 Å². The molecule has 0 aromatic rings. The van der Waals surface area contributed by atoms with Gasteiger partial charge in [0, 0.05) is 17.1 Å². The van der Waals surface area contributed by atoms with Gasteiger partial charge in [-0.1, -0.05) is 26.7 Å². The number of hydrogen-bond donors (Lipinski definition) is 0. The average molecular weight is 274 g/mol. The number of terminal acetylenes is 1. The van der Waals surface area contributed by atoms with Gasteiger partial charge in [-0.15, -0.1) is 6.42 Å². The van der Waals surface area contributed by atoms with E-state index < -0.39 is 11.6 Å². The van der Waals surface area contributed by atoms with Crippen molar-refractivity contribution in [3.63, 3.8) is 0 Å². The number of carbonyl (C=O) groups excluding carboxylic acids is 2. The first kappa shape index (κ1) is 14.8. The number of hydrogen-bond acceptors (Lipinski definition) is 3. The highest BCUT2D eigenvalue weighted by Gasteiger charge is 2.64. The molecule has 0 aromatic heterocycles. The maximum atomic E-state index is 12.6. The molecule has 2 aliphatic rings. The molecule has 0 saturated heterocycles. The molecule has 2 rings (SSSR count). The van der Waals surface area contributed by atoms with E-state index in [4.69, 9.17) is 11.2 Å². The fraction of sp³-hybridized carbons (Fsp3) is 0.647. The van der Waals surface area contributed by atoms with Crippen molar-refractivity contribution in [3.05, 3.63) is 11.6 Å². The molecule has 2 aliphatic carbocycles. The van der Waals surface area contributed by atoms with E-state index in [1.54, 1.807) is 13.8 Å². The minimum Gasteiger partial charge on any atom is -0.443 e. The fourth-order valence-electron chi connectivity index (χ4n) is 3.53. The van der Waals surface area contributed by atoms with E-state index in [1.807, 2.05) is 6.92 Å². The predicted octanol–water partition coefficient (Wildman–Crippen LogP) is 2.89. The summed E-state index contributed by atoms with van der Waals surface area (Å²) in [5.41, 5.74) is -0.793. The van der Waals surface area contributed by atoms with Crippen molar-refractivity contribution in [2.45, 2.75) is 53.1 Å². The summed E-state index contributed by atoms with van der Waals surface area (Å²) < 4.78 is 5.20. The summed E-state index contributed by atoms with van der Waals surface area (Å²) in [5, 5.41) is 0.